The Morgan fingerprint density at radius 2 is 0.567 bits per heavy atom. The van der Waals surface area contributed by atoms with Crippen molar-refractivity contribution >= 4 is 39.5 Å². The normalized spacial score (nSPS) is 14.4. The van der Waals surface area contributed by atoms with Crippen LogP contribution in [0.25, 0.3) is 0 Å². The van der Waals surface area contributed by atoms with Crippen molar-refractivity contribution in [1.82, 2.24) is 0 Å². The maximum Gasteiger partial charge on any atom is 0.472 e. The first-order valence-electron chi connectivity index (χ1n) is 37.0. The molecule has 3 N–H and O–H groups in total. The molecular formula is C71H138O17P2. The molecule has 0 aliphatic heterocycles. The molecule has 0 aliphatic rings. The summed E-state index contributed by atoms with van der Waals surface area (Å²) in [5.74, 6) is -0.613. The van der Waals surface area contributed by atoms with Gasteiger partial charge in [0, 0.05) is 25.7 Å². The van der Waals surface area contributed by atoms with Gasteiger partial charge in [-0.1, -0.05) is 311 Å². The van der Waals surface area contributed by atoms with Gasteiger partial charge in [0.25, 0.3) is 0 Å². The van der Waals surface area contributed by atoms with E-state index >= 15 is 0 Å². The van der Waals surface area contributed by atoms with Gasteiger partial charge in [-0.25, -0.2) is 9.13 Å². The first kappa shape index (κ1) is 88.1. The Balaban J connectivity index is 5.21. The number of aliphatic hydroxyl groups is 1. The molecule has 0 bridgehead atoms. The first-order chi connectivity index (χ1) is 43.4. The minimum atomic E-state index is -4.95. The van der Waals surface area contributed by atoms with Crippen LogP contribution in [0.3, 0.4) is 0 Å². The van der Waals surface area contributed by atoms with Crippen LogP contribution in [-0.2, 0) is 65.4 Å². The number of hydrogen-bond donors (Lipinski definition) is 3. The van der Waals surface area contributed by atoms with E-state index in [1.165, 1.54) is 173 Å². The smallest absolute Gasteiger partial charge is 0.462 e. The fraction of sp³-hybridized carbons (Fsp3) is 0.944. The molecule has 0 heterocycles. The van der Waals surface area contributed by atoms with Gasteiger partial charge in [0.2, 0.25) is 0 Å². The highest BCUT2D eigenvalue weighted by Crippen LogP contribution is 2.45. The SMILES string of the molecule is CCCCCCCCCCCCCCCCCCCCC(=O)O[C@H](COC(=O)CCCCCCCCCCCC(C)C)COP(=O)(O)OC[C@@H](O)COP(=O)(O)OC[C@@H](COC(=O)CCCCCCCCCC)OC(=O)CCCCCCCCCCC(C)CC. The van der Waals surface area contributed by atoms with E-state index in [1.807, 2.05) is 0 Å². The van der Waals surface area contributed by atoms with E-state index in [1.54, 1.807) is 0 Å². The third kappa shape index (κ3) is 63.5. The number of ether oxygens (including phenoxy) is 4. The Bertz CT molecular complexity index is 1750. The van der Waals surface area contributed by atoms with Crippen LogP contribution in [-0.4, -0.2) is 96.7 Å². The highest BCUT2D eigenvalue weighted by molar-refractivity contribution is 7.47. The van der Waals surface area contributed by atoms with Gasteiger partial charge in [0.15, 0.2) is 12.2 Å². The summed E-state index contributed by atoms with van der Waals surface area (Å²) in [4.78, 5) is 72.5. The van der Waals surface area contributed by atoms with E-state index in [0.29, 0.717) is 25.7 Å². The lowest BCUT2D eigenvalue weighted by Crippen LogP contribution is -2.30. The van der Waals surface area contributed by atoms with Crippen LogP contribution in [0.5, 0.6) is 0 Å². The number of unbranched alkanes of at least 4 members (excludes halogenated alkanes) is 39. The van der Waals surface area contributed by atoms with E-state index in [-0.39, 0.29) is 25.7 Å². The molecular weight excluding hydrogens is 1190 g/mol. The zero-order valence-electron chi connectivity index (χ0n) is 58.4. The molecule has 0 rings (SSSR count). The van der Waals surface area contributed by atoms with Gasteiger partial charge >= 0.3 is 39.5 Å². The standard InChI is InChI=1S/C71H138O17P2/c1-7-10-12-14-16-18-19-20-21-22-23-24-25-26-29-37-43-49-55-70(75)87-67(60-82-69(74)54-48-42-36-30-27-28-33-39-45-51-63(4)5)62-86-90(79,80)84-58-65(72)57-83-89(77,78)85-61-66(59-81-68(73)53-47-41-35-17-15-13-11-8-2)88-71(76)56-50-44-38-32-31-34-40-46-52-64(6)9-3/h63-67,72H,7-62H2,1-6H3,(H,77,78)(H,79,80)/t64?,65-,66+,67+/m0/s1. The Labute approximate surface area is 549 Å². The zero-order valence-corrected chi connectivity index (χ0v) is 60.2. The summed E-state index contributed by atoms with van der Waals surface area (Å²) >= 11 is 0. The largest absolute Gasteiger partial charge is 0.472 e. The van der Waals surface area contributed by atoms with Crippen LogP contribution in [0.15, 0.2) is 0 Å². The molecule has 0 saturated carbocycles. The van der Waals surface area contributed by atoms with Crippen LogP contribution in [0.1, 0.15) is 363 Å². The lowest BCUT2D eigenvalue weighted by Gasteiger charge is -2.21. The number of phosphoric acid groups is 2. The Kier molecular flexibility index (Phi) is 61.8. The second-order valence-corrected chi connectivity index (χ2v) is 29.3. The van der Waals surface area contributed by atoms with Gasteiger partial charge in [0.05, 0.1) is 26.4 Å². The van der Waals surface area contributed by atoms with E-state index in [4.69, 9.17) is 37.0 Å². The zero-order chi connectivity index (χ0) is 66.5. The second-order valence-electron chi connectivity index (χ2n) is 26.3. The average Bonchev–Trinajstić information content (AvgIpc) is 3.67. The van der Waals surface area contributed by atoms with E-state index in [2.05, 4.69) is 41.5 Å². The quantitative estimate of drug-likeness (QED) is 0.0222. The molecule has 0 aromatic heterocycles. The van der Waals surface area contributed by atoms with Crippen molar-refractivity contribution in [2.45, 2.75) is 381 Å². The summed E-state index contributed by atoms with van der Waals surface area (Å²) in [6, 6.07) is 0. The van der Waals surface area contributed by atoms with Crippen molar-refractivity contribution < 1.29 is 80.2 Å². The number of carbonyl (C=O) groups is 4. The predicted octanol–water partition coefficient (Wildman–Crippen LogP) is 20.4. The van der Waals surface area contributed by atoms with Crippen LogP contribution >= 0.6 is 15.6 Å². The number of rotatable bonds is 70. The molecule has 0 aliphatic carbocycles. The third-order valence-electron chi connectivity index (χ3n) is 16.8. The van der Waals surface area contributed by atoms with Crippen LogP contribution in [0.4, 0.5) is 0 Å². The molecule has 6 atom stereocenters. The van der Waals surface area contributed by atoms with Crippen molar-refractivity contribution in [2.75, 3.05) is 39.6 Å². The van der Waals surface area contributed by atoms with Gasteiger partial charge in [-0.05, 0) is 37.5 Å². The lowest BCUT2D eigenvalue weighted by atomic mass is 9.99. The van der Waals surface area contributed by atoms with E-state index in [9.17, 15) is 43.2 Å². The third-order valence-corrected chi connectivity index (χ3v) is 18.7. The Hall–Kier alpha value is -1.94. The number of aliphatic hydroxyl groups excluding tert-OH is 1. The highest BCUT2D eigenvalue weighted by Gasteiger charge is 2.30. The Morgan fingerprint density at radius 3 is 0.844 bits per heavy atom. The van der Waals surface area contributed by atoms with Crippen molar-refractivity contribution in [3.05, 3.63) is 0 Å². The first-order valence-corrected chi connectivity index (χ1v) is 40.0. The van der Waals surface area contributed by atoms with Gasteiger partial charge in [0.1, 0.15) is 19.3 Å². The van der Waals surface area contributed by atoms with Crippen molar-refractivity contribution in [3.63, 3.8) is 0 Å². The molecule has 90 heavy (non-hydrogen) atoms. The molecule has 0 amide bonds. The van der Waals surface area contributed by atoms with Gasteiger partial charge in [-0.15, -0.1) is 0 Å². The maximum atomic E-state index is 13.0. The second kappa shape index (κ2) is 63.1. The van der Waals surface area contributed by atoms with E-state index in [0.717, 1.165) is 108 Å². The van der Waals surface area contributed by atoms with Crippen molar-refractivity contribution in [2.24, 2.45) is 11.8 Å². The fourth-order valence-electron chi connectivity index (χ4n) is 10.7. The summed E-state index contributed by atoms with van der Waals surface area (Å²) in [5.41, 5.74) is 0. The molecule has 0 saturated heterocycles. The molecule has 3 unspecified atom stereocenters. The molecule has 19 heteroatoms. The molecule has 0 radical (unpaired) electrons. The summed E-state index contributed by atoms with van der Waals surface area (Å²) < 4.78 is 68.3. The number of phosphoric ester groups is 2. The fourth-order valence-corrected chi connectivity index (χ4v) is 12.3. The summed E-state index contributed by atoms with van der Waals surface area (Å²) in [5, 5.41) is 10.6. The number of carbonyl (C=O) groups excluding carboxylic acids is 4. The van der Waals surface area contributed by atoms with Crippen LogP contribution in [0.2, 0.25) is 0 Å². The van der Waals surface area contributed by atoms with Crippen LogP contribution < -0.4 is 0 Å². The van der Waals surface area contributed by atoms with Crippen molar-refractivity contribution in [3.8, 4) is 0 Å². The lowest BCUT2D eigenvalue weighted by molar-refractivity contribution is -0.161. The van der Waals surface area contributed by atoms with Gasteiger partial charge in [-0.2, -0.15) is 0 Å². The summed E-state index contributed by atoms with van der Waals surface area (Å²) in [6.45, 7) is 9.51. The van der Waals surface area contributed by atoms with Gasteiger partial charge in [-0.3, -0.25) is 37.3 Å². The molecule has 0 fully saturated rings. The minimum Gasteiger partial charge on any atom is -0.462 e. The summed E-state index contributed by atoms with van der Waals surface area (Å²) in [6.07, 6.45) is 48.6. The molecule has 0 aromatic carbocycles. The van der Waals surface area contributed by atoms with Gasteiger partial charge < -0.3 is 33.8 Å². The summed E-state index contributed by atoms with van der Waals surface area (Å²) in [7, 11) is -9.90. The van der Waals surface area contributed by atoms with Crippen molar-refractivity contribution in [1.29, 1.82) is 0 Å². The molecule has 534 valence electrons. The van der Waals surface area contributed by atoms with E-state index < -0.39 is 97.5 Å². The minimum absolute atomic E-state index is 0.105. The molecule has 17 nitrogen and oxygen atoms in total. The average molecular weight is 1330 g/mol. The number of hydrogen-bond acceptors (Lipinski definition) is 15. The number of esters is 4. The highest BCUT2D eigenvalue weighted by atomic mass is 31.2. The van der Waals surface area contributed by atoms with Crippen LogP contribution in [0, 0.1) is 11.8 Å². The molecule has 0 aromatic rings. The predicted molar refractivity (Wildman–Crippen MR) is 363 cm³/mol. The maximum absolute atomic E-state index is 13.0. The molecule has 0 spiro atoms. The topological polar surface area (TPSA) is 237 Å². The monoisotopic (exact) mass is 1320 g/mol. The Morgan fingerprint density at radius 1 is 0.322 bits per heavy atom.